The minimum absolute atomic E-state index is 0.178. The molecule has 1 aliphatic rings. The lowest BCUT2D eigenvalue weighted by Crippen LogP contribution is -2.63. The quantitative estimate of drug-likeness (QED) is 0.423. The average Bonchev–Trinajstić information content (AvgIpc) is 3.28. The van der Waals surface area contributed by atoms with E-state index in [1.54, 1.807) is 19.1 Å². The van der Waals surface area contributed by atoms with E-state index < -0.39 is 5.54 Å². The van der Waals surface area contributed by atoms with Crippen molar-refractivity contribution in [2.24, 2.45) is 0 Å². The van der Waals surface area contributed by atoms with E-state index in [9.17, 15) is 9.59 Å². The van der Waals surface area contributed by atoms with Crippen LogP contribution in [0.15, 0.2) is 78.9 Å². The summed E-state index contributed by atoms with van der Waals surface area (Å²) in [5.41, 5.74) is 2.19. The SMILES string of the molecule is COc1ccc(CN2C(=O)c3cc4ccccc4n3C[C@]2(C)C(=O)NCc2ccccc2OC)cc1. The van der Waals surface area contributed by atoms with Gasteiger partial charge in [-0.3, -0.25) is 9.59 Å². The Morgan fingerprint density at radius 1 is 0.972 bits per heavy atom. The number of methoxy groups -OCH3 is 2. The molecule has 1 aliphatic heterocycles. The van der Waals surface area contributed by atoms with Crippen molar-refractivity contribution >= 4 is 22.7 Å². The molecule has 0 saturated heterocycles. The monoisotopic (exact) mass is 483 g/mol. The Labute approximate surface area is 210 Å². The molecule has 3 aromatic carbocycles. The van der Waals surface area contributed by atoms with Gasteiger partial charge in [0.05, 0.1) is 20.8 Å². The van der Waals surface area contributed by atoms with E-state index in [0.29, 0.717) is 31.1 Å². The molecule has 0 bridgehead atoms. The number of rotatable bonds is 7. The second-order valence-electron chi connectivity index (χ2n) is 9.18. The largest absolute Gasteiger partial charge is 0.497 e. The molecule has 0 unspecified atom stereocenters. The molecule has 0 saturated carbocycles. The fourth-order valence-electron chi connectivity index (χ4n) is 4.88. The maximum absolute atomic E-state index is 13.9. The summed E-state index contributed by atoms with van der Waals surface area (Å²) in [5, 5.41) is 4.04. The lowest BCUT2D eigenvalue weighted by molar-refractivity contribution is -0.133. The van der Waals surface area contributed by atoms with Gasteiger partial charge >= 0.3 is 0 Å². The molecule has 2 heterocycles. The van der Waals surface area contributed by atoms with Crippen LogP contribution in [0.4, 0.5) is 0 Å². The average molecular weight is 484 g/mol. The summed E-state index contributed by atoms with van der Waals surface area (Å²) < 4.78 is 12.7. The first-order valence-corrected chi connectivity index (χ1v) is 11.9. The molecular formula is C29H29N3O4. The van der Waals surface area contributed by atoms with E-state index in [-0.39, 0.29) is 11.8 Å². The third-order valence-corrected chi connectivity index (χ3v) is 6.96. The van der Waals surface area contributed by atoms with Crippen LogP contribution in [-0.2, 0) is 24.4 Å². The number of amides is 2. The number of para-hydroxylation sites is 2. The van der Waals surface area contributed by atoms with Crippen LogP contribution < -0.4 is 14.8 Å². The minimum atomic E-state index is -1.12. The van der Waals surface area contributed by atoms with Crippen LogP contribution >= 0.6 is 0 Å². The van der Waals surface area contributed by atoms with E-state index >= 15 is 0 Å². The second-order valence-corrected chi connectivity index (χ2v) is 9.18. The Morgan fingerprint density at radius 3 is 2.44 bits per heavy atom. The van der Waals surface area contributed by atoms with E-state index in [1.807, 2.05) is 90.4 Å². The molecule has 0 spiro atoms. The van der Waals surface area contributed by atoms with Crippen molar-refractivity contribution in [3.63, 3.8) is 0 Å². The molecule has 7 nitrogen and oxygen atoms in total. The summed E-state index contributed by atoms with van der Waals surface area (Å²) in [6.45, 7) is 2.77. The van der Waals surface area contributed by atoms with Gasteiger partial charge in [0, 0.05) is 29.6 Å². The van der Waals surface area contributed by atoms with Gasteiger partial charge in [0.25, 0.3) is 5.91 Å². The number of fused-ring (bicyclic) bond motifs is 3. The van der Waals surface area contributed by atoms with Crippen molar-refractivity contribution in [1.29, 1.82) is 0 Å². The molecule has 7 heteroatoms. The Kier molecular flexibility index (Phi) is 6.14. The Hall–Kier alpha value is -4.26. The molecule has 0 fully saturated rings. The fraction of sp³-hybridized carbons (Fsp3) is 0.241. The number of nitrogens with one attached hydrogen (secondary N) is 1. The maximum atomic E-state index is 13.9. The first kappa shape index (κ1) is 23.5. The van der Waals surface area contributed by atoms with Crippen LogP contribution in [0.25, 0.3) is 10.9 Å². The minimum Gasteiger partial charge on any atom is -0.497 e. The molecule has 1 aromatic heterocycles. The normalized spacial score (nSPS) is 17.1. The number of carbonyl (C=O) groups excluding carboxylic acids is 2. The van der Waals surface area contributed by atoms with Gasteiger partial charge in [-0.15, -0.1) is 0 Å². The van der Waals surface area contributed by atoms with E-state index in [4.69, 9.17) is 9.47 Å². The number of nitrogens with zero attached hydrogens (tertiary/aromatic N) is 2. The van der Waals surface area contributed by atoms with Gasteiger partial charge in [0.2, 0.25) is 5.91 Å². The highest BCUT2D eigenvalue weighted by Gasteiger charge is 2.47. The number of carbonyl (C=O) groups is 2. The van der Waals surface area contributed by atoms with Crippen molar-refractivity contribution in [1.82, 2.24) is 14.8 Å². The van der Waals surface area contributed by atoms with Gasteiger partial charge in [0.15, 0.2) is 0 Å². The predicted octanol–water partition coefficient (Wildman–Crippen LogP) is 4.39. The molecule has 0 radical (unpaired) electrons. The fourth-order valence-corrected chi connectivity index (χ4v) is 4.88. The summed E-state index contributed by atoms with van der Waals surface area (Å²) in [7, 11) is 3.22. The van der Waals surface area contributed by atoms with Gasteiger partial charge < -0.3 is 24.3 Å². The smallest absolute Gasteiger partial charge is 0.271 e. The zero-order valence-corrected chi connectivity index (χ0v) is 20.7. The van der Waals surface area contributed by atoms with Crippen molar-refractivity contribution in [2.45, 2.75) is 32.1 Å². The third kappa shape index (κ3) is 4.06. The summed E-state index contributed by atoms with van der Waals surface area (Å²) in [6.07, 6.45) is 0. The molecule has 1 N–H and O–H groups in total. The van der Waals surface area contributed by atoms with Crippen LogP contribution in [0.3, 0.4) is 0 Å². The van der Waals surface area contributed by atoms with Crippen molar-refractivity contribution < 1.29 is 19.1 Å². The first-order valence-electron chi connectivity index (χ1n) is 11.9. The lowest BCUT2D eigenvalue weighted by atomic mass is 9.93. The predicted molar refractivity (Wildman–Crippen MR) is 138 cm³/mol. The standard InChI is InChI=1S/C29H29N3O4/c1-29(28(34)30-17-22-9-5-7-11-26(22)36-3)19-31-24-10-6-4-8-21(24)16-25(31)27(33)32(29)18-20-12-14-23(35-2)15-13-20/h4-16H,17-19H2,1-3H3,(H,30,34)/t29-/m1/s1. The second kappa shape index (κ2) is 9.41. The highest BCUT2D eigenvalue weighted by molar-refractivity contribution is 6.03. The first-order chi connectivity index (χ1) is 17.4. The van der Waals surface area contributed by atoms with Crippen molar-refractivity contribution in [3.8, 4) is 11.5 Å². The topological polar surface area (TPSA) is 72.8 Å². The highest BCUT2D eigenvalue weighted by Crippen LogP contribution is 2.34. The molecular weight excluding hydrogens is 454 g/mol. The van der Waals surface area contributed by atoms with Crippen LogP contribution in [-0.4, -0.2) is 41.0 Å². The van der Waals surface area contributed by atoms with Crippen molar-refractivity contribution in [2.75, 3.05) is 14.2 Å². The molecule has 5 rings (SSSR count). The van der Waals surface area contributed by atoms with Crippen molar-refractivity contribution in [3.05, 3.63) is 95.7 Å². The molecule has 4 aromatic rings. The Balaban J connectivity index is 1.51. The number of aromatic nitrogens is 1. The Morgan fingerprint density at radius 2 is 1.69 bits per heavy atom. The van der Waals surface area contributed by atoms with Crippen LogP contribution in [0.1, 0.15) is 28.5 Å². The van der Waals surface area contributed by atoms with E-state index in [1.165, 1.54) is 0 Å². The summed E-state index contributed by atoms with van der Waals surface area (Å²) in [6, 6.07) is 24.9. The number of hydrogen-bond acceptors (Lipinski definition) is 4. The molecule has 2 amide bonds. The van der Waals surface area contributed by atoms with Gasteiger partial charge in [-0.05, 0) is 42.8 Å². The van der Waals surface area contributed by atoms with E-state index in [0.717, 1.165) is 27.8 Å². The van der Waals surface area contributed by atoms with Gasteiger partial charge in [-0.25, -0.2) is 0 Å². The summed E-state index contributed by atoms with van der Waals surface area (Å²) in [4.78, 5) is 29.4. The Bertz CT molecular complexity index is 1430. The van der Waals surface area contributed by atoms with Gasteiger partial charge in [-0.1, -0.05) is 48.5 Å². The molecule has 1 atom stereocenters. The van der Waals surface area contributed by atoms with E-state index in [2.05, 4.69) is 5.32 Å². The molecule has 0 aliphatic carbocycles. The molecule has 184 valence electrons. The number of benzene rings is 3. The zero-order valence-electron chi connectivity index (χ0n) is 20.7. The van der Waals surface area contributed by atoms with Gasteiger partial charge in [-0.2, -0.15) is 0 Å². The van der Waals surface area contributed by atoms with Gasteiger partial charge in [0.1, 0.15) is 22.7 Å². The lowest BCUT2D eigenvalue weighted by Gasteiger charge is -2.44. The van der Waals surface area contributed by atoms with Crippen LogP contribution in [0, 0.1) is 0 Å². The van der Waals surface area contributed by atoms with Crippen LogP contribution in [0.2, 0.25) is 0 Å². The summed E-state index contributed by atoms with van der Waals surface area (Å²) >= 11 is 0. The summed E-state index contributed by atoms with van der Waals surface area (Å²) in [5.74, 6) is 1.04. The maximum Gasteiger partial charge on any atom is 0.271 e. The molecule has 36 heavy (non-hydrogen) atoms. The van der Waals surface area contributed by atoms with Crippen LogP contribution in [0.5, 0.6) is 11.5 Å². The third-order valence-electron chi connectivity index (χ3n) is 6.96. The zero-order chi connectivity index (χ0) is 25.3. The highest BCUT2D eigenvalue weighted by atomic mass is 16.5. The number of hydrogen-bond donors (Lipinski definition) is 1. The number of ether oxygens (including phenoxy) is 2.